The van der Waals surface area contributed by atoms with E-state index < -0.39 is 0 Å². The molecule has 6 nitrogen and oxygen atoms in total. The normalized spacial score (nSPS) is 27.0. The van der Waals surface area contributed by atoms with Gasteiger partial charge >= 0.3 is 0 Å². The number of carbonyl (C=O) groups is 1. The van der Waals surface area contributed by atoms with Crippen molar-refractivity contribution in [3.63, 3.8) is 0 Å². The molecule has 2 atom stereocenters. The lowest BCUT2D eigenvalue weighted by Gasteiger charge is -2.22. The van der Waals surface area contributed by atoms with Crippen LogP contribution in [0.25, 0.3) is 0 Å². The minimum Gasteiger partial charge on any atom is -0.380 e. The molecule has 2 aliphatic rings. The first kappa shape index (κ1) is 14.5. The highest BCUT2D eigenvalue weighted by Gasteiger charge is 2.33. The number of nitrogens with one attached hydrogen (secondary N) is 1. The number of likely N-dealkylation sites (tertiary alicyclic amines) is 1. The van der Waals surface area contributed by atoms with E-state index in [1.807, 2.05) is 0 Å². The van der Waals surface area contributed by atoms with Crippen LogP contribution < -0.4 is 5.32 Å². The van der Waals surface area contributed by atoms with Gasteiger partial charge in [0.05, 0.1) is 19.1 Å². The number of hydrogen-bond acceptors (Lipinski definition) is 5. The lowest BCUT2D eigenvalue weighted by molar-refractivity contribution is -0.00228. The summed E-state index contributed by atoms with van der Waals surface area (Å²) in [5.74, 6) is 1.30. The van der Waals surface area contributed by atoms with E-state index in [1.54, 1.807) is 6.07 Å². The fourth-order valence-electron chi connectivity index (χ4n) is 2.84. The minimum atomic E-state index is -0.146. The van der Waals surface area contributed by atoms with E-state index in [2.05, 4.69) is 36.1 Å². The van der Waals surface area contributed by atoms with Crippen molar-refractivity contribution in [2.24, 2.45) is 5.92 Å². The maximum atomic E-state index is 12.3. The Labute approximate surface area is 124 Å². The van der Waals surface area contributed by atoms with Crippen molar-refractivity contribution in [3.05, 3.63) is 17.5 Å². The van der Waals surface area contributed by atoms with Crippen LogP contribution in [0.3, 0.4) is 0 Å². The Morgan fingerprint density at radius 1 is 1.43 bits per heavy atom. The highest BCUT2D eigenvalue weighted by Crippen LogP contribution is 2.24. The molecule has 0 aliphatic carbocycles. The van der Waals surface area contributed by atoms with Gasteiger partial charge in [0.2, 0.25) is 0 Å². The lowest BCUT2D eigenvalue weighted by atomic mass is 10.0. The summed E-state index contributed by atoms with van der Waals surface area (Å²) in [6.45, 7) is 9.76. The predicted octanol–water partition coefficient (Wildman–Crippen LogP) is 1.25. The summed E-state index contributed by atoms with van der Waals surface area (Å²) in [7, 11) is 0. The van der Waals surface area contributed by atoms with Crippen molar-refractivity contribution < 1.29 is 14.1 Å². The molecule has 0 spiro atoms. The van der Waals surface area contributed by atoms with E-state index in [0.29, 0.717) is 30.9 Å². The Hall–Kier alpha value is -1.40. The molecule has 1 aromatic heterocycles. The van der Waals surface area contributed by atoms with E-state index in [0.717, 1.165) is 18.8 Å². The molecule has 0 radical (unpaired) electrons. The van der Waals surface area contributed by atoms with E-state index >= 15 is 0 Å². The Kier molecular flexibility index (Phi) is 3.99. The molecule has 6 heteroatoms. The molecule has 2 fully saturated rings. The van der Waals surface area contributed by atoms with Gasteiger partial charge in [0.1, 0.15) is 5.76 Å². The molecule has 0 aromatic carbocycles. The zero-order valence-corrected chi connectivity index (χ0v) is 12.8. The number of rotatable bonds is 4. The van der Waals surface area contributed by atoms with Crippen molar-refractivity contribution in [2.45, 2.75) is 38.8 Å². The summed E-state index contributed by atoms with van der Waals surface area (Å²) in [5.41, 5.74) is 0.368. The van der Waals surface area contributed by atoms with Gasteiger partial charge in [0.15, 0.2) is 5.69 Å². The fraction of sp³-hybridized carbons (Fsp3) is 0.733. The number of nitrogens with zero attached hydrogens (tertiary/aromatic N) is 2. The van der Waals surface area contributed by atoms with Crippen LogP contribution in [0.5, 0.6) is 0 Å². The third kappa shape index (κ3) is 2.96. The molecule has 0 saturated carbocycles. The summed E-state index contributed by atoms with van der Waals surface area (Å²) < 4.78 is 10.4. The molecular formula is C15H23N3O3. The molecule has 21 heavy (non-hydrogen) atoms. The molecule has 3 rings (SSSR count). The van der Waals surface area contributed by atoms with Crippen molar-refractivity contribution in [2.75, 3.05) is 26.3 Å². The number of ether oxygens (including phenoxy) is 1. The highest BCUT2D eigenvalue weighted by atomic mass is 16.5. The molecule has 3 heterocycles. The molecule has 0 bridgehead atoms. The van der Waals surface area contributed by atoms with Crippen LogP contribution in [0.4, 0.5) is 0 Å². The second-order valence-electron chi connectivity index (χ2n) is 6.45. The van der Waals surface area contributed by atoms with Crippen LogP contribution in [0.2, 0.25) is 0 Å². The maximum Gasteiger partial charge on any atom is 0.273 e. The van der Waals surface area contributed by atoms with E-state index in [1.165, 1.54) is 0 Å². The summed E-state index contributed by atoms with van der Waals surface area (Å²) in [6, 6.07) is 2.42. The van der Waals surface area contributed by atoms with Gasteiger partial charge in [-0.05, 0) is 19.8 Å². The second kappa shape index (κ2) is 5.77. The Morgan fingerprint density at radius 2 is 2.19 bits per heavy atom. The largest absolute Gasteiger partial charge is 0.380 e. The minimum absolute atomic E-state index is 0.146. The Balaban J connectivity index is 1.59. The molecule has 0 unspecified atom stereocenters. The van der Waals surface area contributed by atoms with Crippen molar-refractivity contribution in [1.82, 2.24) is 15.4 Å². The van der Waals surface area contributed by atoms with Crippen molar-refractivity contribution in [1.29, 1.82) is 0 Å². The van der Waals surface area contributed by atoms with Crippen molar-refractivity contribution in [3.8, 4) is 0 Å². The van der Waals surface area contributed by atoms with Gasteiger partial charge in [-0.2, -0.15) is 0 Å². The Bertz CT molecular complexity index is 510. The maximum absolute atomic E-state index is 12.3. The zero-order chi connectivity index (χ0) is 15.0. The molecule has 1 N–H and O–H groups in total. The first-order valence-corrected chi connectivity index (χ1v) is 7.64. The number of amides is 1. The summed E-state index contributed by atoms with van der Waals surface area (Å²) in [4.78, 5) is 14.7. The zero-order valence-electron chi connectivity index (χ0n) is 12.8. The quantitative estimate of drug-likeness (QED) is 0.905. The van der Waals surface area contributed by atoms with Gasteiger partial charge in [-0.15, -0.1) is 0 Å². The standard InChI is InChI=1S/C15H23N3O3/c1-9(2)18-5-10(3)13(6-18)16-15(19)12-4-14(21-17-12)11-7-20-8-11/h4,9-11,13H,5-8H2,1-3H3,(H,16,19)/t10-,13+/m1/s1. The van der Waals surface area contributed by atoms with Gasteiger partial charge in [-0.1, -0.05) is 12.1 Å². The fourth-order valence-corrected chi connectivity index (χ4v) is 2.84. The van der Waals surface area contributed by atoms with E-state index in [-0.39, 0.29) is 17.9 Å². The predicted molar refractivity (Wildman–Crippen MR) is 77.2 cm³/mol. The average molecular weight is 293 g/mol. The van der Waals surface area contributed by atoms with E-state index in [4.69, 9.17) is 9.26 Å². The molecule has 2 saturated heterocycles. The summed E-state index contributed by atoms with van der Waals surface area (Å²) in [5, 5.41) is 6.97. The van der Waals surface area contributed by atoms with Crippen LogP contribution in [-0.4, -0.2) is 54.4 Å². The summed E-state index contributed by atoms with van der Waals surface area (Å²) in [6.07, 6.45) is 0. The third-order valence-corrected chi connectivity index (χ3v) is 4.49. The van der Waals surface area contributed by atoms with Crippen molar-refractivity contribution >= 4 is 5.91 Å². The molecule has 1 aromatic rings. The van der Waals surface area contributed by atoms with Gasteiger partial charge in [-0.3, -0.25) is 9.69 Å². The number of hydrogen-bond donors (Lipinski definition) is 1. The van der Waals surface area contributed by atoms with E-state index in [9.17, 15) is 4.79 Å². The van der Waals surface area contributed by atoms with Crippen LogP contribution in [0.1, 0.15) is 42.9 Å². The average Bonchev–Trinajstić information content (AvgIpc) is 2.95. The molecule has 1 amide bonds. The highest BCUT2D eigenvalue weighted by molar-refractivity contribution is 5.92. The molecular weight excluding hydrogens is 270 g/mol. The number of aromatic nitrogens is 1. The lowest BCUT2D eigenvalue weighted by Crippen LogP contribution is -2.40. The van der Waals surface area contributed by atoms with Gasteiger partial charge < -0.3 is 14.6 Å². The van der Waals surface area contributed by atoms with Crippen LogP contribution in [0, 0.1) is 5.92 Å². The molecule has 116 valence electrons. The van der Waals surface area contributed by atoms with Gasteiger partial charge in [0, 0.05) is 31.2 Å². The summed E-state index contributed by atoms with van der Waals surface area (Å²) >= 11 is 0. The molecule has 2 aliphatic heterocycles. The second-order valence-corrected chi connectivity index (χ2v) is 6.45. The monoisotopic (exact) mass is 293 g/mol. The van der Waals surface area contributed by atoms with Crippen LogP contribution in [0.15, 0.2) is 10.6 Å². The number of carbonyl (C=O) groups excluding carboxylic acids is 1. The smallest absolute Gasteiger partial charge is 0.273 e. The van der Waals surface area contributed by atoms with Crippen LogP contribution >= 0.6 is 0 Å². The first-order chi connectivity index (χ1) is 10.0. The van der Waals surface area contributed by atoms with Crippen LogP contribution in [-0.2, 0) is 4.74 Å². The van der Waals surface area contributed by atoms with Gasteiger partial charge in [-0.25, -0.2) is 0 Å². The SMILES string of the molecule is CC(C)N1C[C@@H](C)[C@@H](NC(=O)c2cc(C3COC3)on2)C1. The third-order valence-electron chi connectivity index (χ3n) is 4.49. The topological polar surface area (TPSA) is 67.6 Å². The Morgan fingerprint density at radius 3 is 2.76 bits per heavy atom. The first-order valence-electron chi connectivity index (χ1n) is 7.64. The van der Waals surface area contributed by atoms with Gasteiger partial charge in [0.25, 0.3) is 5.91 Å².